The van der Waals surface area contributed by atoms with Crippen molar-refractivity contribution in [2.75, 3.05) is 19.8 Å². The number of carbonyl (C=O) groups is 1. The van der Waals surface area contributed by atoms with E-state index in [4.69, 9.17) is 9.47 Å². The summed E-state index contributed by atoms with van der Waals surface area (Å²) < 4.78 is 51.1. The van der Waals surface area contributed by atoms with Crippen molar-refractivity contribution < 1.29 is 27.4 Å². The van der Waals surface area contributed by atoms with Crippen LogP contribution in [0.5, 0.6) is 0 Å². The summed E-state index contributed by atoms with van der Waals surface area (Å²) in [5.41, 5.74) is 0.604. The van der Waals surface area contributed by atoms with E-state index in [0.29, 0.717) is 35.4 Å². The fraction of sp³-hybridized carbons (Fsp3) is 0.261. The van der Waals surface area contributed by atoms with Crippen LogP contribution in [-0.4, -0.2) is 35.3 Å². The van der Waals surface area contributed by atoms with Gasteiger partial charge in [-0.15, -0.1) is 0 Å². The number of hydrogen-bond acceptors (Lipinski definition) is 5. The van der Waals surface area contributed by atoms with Gasteiger partial charge >= 0.3 is 12.1 Å². The predicted molar refractivity (Wildman–Crippen MR) is 109 cm³/mol. The number of fused-ring (bicyclic) bond motifs is 1. The molecule has 2 aromatic heterocycles. The maximum atomic E-state index is 13.1. The molecular formula is C23H18F3N3O3. The summed E-state index contributed by atoms with van der Waals surface area (Å²) in [7, 11) is 0. The van der Waals surface area contributed by atoms with Gasteiger partial charge in [0.2, 0.25) is 0 Å². The highest BCUT2D eigenvalue weighted by atomic mass is 19.4. The maximum Gasteiger partial charge on any atom is 0.416 e. The number of alkyl halides is 3. The van der Waals surface area contributed by atoms with Crippen LogP contribution < -0.4 is 0 Å². The molecule has 0 atom stereocenters. The first-order valence-electron chi connectivity index (χ1n) is 9.82. The smallest absolute Gasteiger partial charge is 0.416 e. The number of hydrogen-bond donors (Lipinski definition) is 0. The molecule has 0 unspecified atom stereocenters. The van der Waals surface area contributed by atoms with E-state index >= 15 is 0 Å². The van der Waals surface area contributed by atoms with Crippen LogP contribution in [0.3, 0.4) is 0 Å². The Bertz CT molecular complexity index is 1220. The van der Waals surface area contributed by atoms with E-state index in [0.717, 1.165) is 12.1 Å². The minimum absolute atomic E-state index is 0.137. The number of pyridine rings is 1. The number of benzene rings is 1. The zero-order chi connectivity index (χ0) is 22.7. The van der Waals surface area contributed by atoms with Gasteiger partial charge in [-0.05, 0) is 35.9 Å². The lowest BCUT2D eigenvalue weighted by atomic mass is 10.1. The lowest BCUT2D eigenvalue weighted by Crippen LogP contribution is -2.32. The molecule has 0 aliphatic carbocycles. The summed E-state index contributed by atoms with van der Waals surface area (Å²) >= 11 is 0. The van der Waals surface area contributed by atoms with Gasteiger partial charge in [0.1, 0.15) is 17.3 Å². The van der Waals surface area contributed by atoms with Gasteiger partial charge in [-0.2, -0.15) is 18.4 Å². The van der Waals surface area contributed by atoms with Crippen molar-refractivity contribution >= 4 is 23.1 Å². The fourth-order valence-corrected chi connectivity index (χ4v) is 3.37. The van der Waals surface area contributed by atoms with E-state index in [1.54, 1.807) is 35.2 Å². The third-order valence-electron chi connectivity index (χ3n) is 5.07. The summed E-state index contributed by atoms with van der Waals surface area (Å²) in [4.78, 5) is 16.6. The second-order valence-electron chi connectivity index (χ2n) is 7.46. The summed E-state index contributed by atoms with van der Waals surface area (Å²) in [5.74, 6) is -0.598. The minimum Gasteiger partial charge on any atom is -0.461 e. The van der Waals surface area contributed by atoms with Crippen LogP contribution >= 0.6 is 0 Å². The van der Waals surface area contributed by atoms with Crippen LogP contribution in [0, 0.1) is 17.2 Å². The Morgan fingerprint density at radius 3 is 2.81 bits per heavy atom. The second kappa shape index (κ2) is 8.85. The highest BCUT2D eigenvalue weighted by Gasteiger charge is 2.30. The van der Waals surface area contributed by atoms with Gasteiger partial charge in [0.05, 0.1) is 25.4 Å². The number of halogens is 3. The molecule has 3 heterocycles. The quantitative estimate of drug-likeness (QED) is 0.326. The van der Waals surface area contributed by atoms with Crippen LogP contribution in [0.15, 0.2) is 54.4 Å². The third kappa shape index (κ3) is 4.65. The highest BCUT2D eigenvalue weighted by molar-refractivity contribution is 6.00. The first-order chi connectivity index (χ1) is 15.3. The molecule has 1 saturated heterocycles. The number of nitriles is 1. The second-order valence-corrected chi connectivity index (χ2v) is 7.46. The summed E-state index contributed by atoms with van der Waals surface area (Å²) in [6.45, 7) is 1.36. The molecule has 0 bridgehead atoms. The fourth-order valence-electron chi connectivity index (χ4n) is 3.37. The Hall–Kier alpha value is -3.64. The minimum atomic E-state index is -4.44. The number of nitrogens with zero attached hydrogens (tertiary/aromatic N) is 3. The van der Waals surface area contributed by atoms with Crippen LogP contribution in [0.1, 0.15) is 16.7 Å². The zero-order valence-electron chi connectivity index (χ0n) is 16.8. The normalized spacial score (nSPS) is 14.8. The molecule has 9 heteroatoms. The lowest BCUT2D eigenvalue weighted by Gasteiger charge is -2.25. The predicted octanol–water partition coefficient (Wildman–Crippen LogP) is 4.20. The largest absolute Gasteiger partial charge is 0.461 e. The first kappa shape index (κ1) is 21.6. The number of rotatable bonds is 6. The van der Waals surface area contributed by atoms with Gasteiger partial charge < -0.3 is 14.0 Å². The molecular weight excluding hydrogens is 423 g/mol. The molecule has 0 saturated carbocycles. The van der Waals surface area contributed by atoms with Crippen molar-refractivity contribution in [3.05, 3.63) is 71.1 Å². The Morgan fingerprint density at radius 1 is 1.31 bits per heavy atom. The van der Waals surface area contributed by atoms with E-state index in [1.165, 1.54) is 12.1 Å². The maximum absolute atomic E-state index is 13.1. The molecule has 4 rings (SSSR count). The molecule has 164 valence electrons. The Labute approximate surface area is 181 Å². The van der Waals surface area contributed by atoms with Crippen molar-refractivity contribution in [2.24, 2.45) is 5.92 Å². The molecule has 1 aromatic carbocycles. The molecule has 1 aliphatic heterocycles. The molecule has 0 radical (unpaired) electrons. The molecule has 0 spiro atoms. The molecule has 32 heavy (non-hydrogen) atoms. The van der Waals surface area contributed by atoms with E-state index < -0.39 is 17.7 Å². The average Bonchev–Trinajstić information content (AvgIpc) is 3.07. The van der Waals surface area contributed by atoms with E-state index in [9.17, 15) is 23.2 Å². The van der Waals surface area contributed by atoms with Crippen LogP contribution in [0.2, 0.25) is 0 Å². The number of carbonyl (C=O) groups excluding carboxylic acids is 1. The number of esters is 1. The Morgan fingerprint density at radius 2 is 2.12 bits per heavy atom. The van der Waals surface area contributed by atoms with Crippen molar-refractivity contribution in [1.82, 2.24) is 9.55 Å². The Balaban J connectivity index is 1.63. The lowest BCUT2D eigenvalue weighted by molar-refractivity contribution is -0.145. The van der Waals surface area contributed by atoms with Crippen LogP contribution in [0.4, 0.5) is 13.2 Å². The van der Waals surface area contributed by atoms with Crippen molar-refractivity contribution in [3.63, 3.8) is 0 Å². The first-order valence-corrected chi connectivity index (χ1v) is 9.82. The summed E-state index contributed by atoms with van der Waals surface area (Å²) in [6.07, 6.45) is 0.196. The van der Waals surface area contributed by atoms with Gasteiger partial charge in [-0.3, -0.25) is 0 Å². The highest BCUT2D eigenvalue weighted by Crippen LogP contribution is 2.30. The van der Waals surface area contributed by atoms with Crippen LogP contribution in [-0.2, 0) is 27.0 Å². The van der Waals surface area contributed by atoms with E-state index in [1.807, 2.05) is 6.07 Å². The SMILES string of the molecule is N#C/C(=C\c1cn(Cc2cccc(C(F)(F)F)c2)c2ncccc12)C(=O)OCC1COC1. The molecule has 1 aliphatic rings. The van der Waals surface area contributed by atoms with Crippen molar-refractivity contribution in [3.8, 4) is 6.07 Å². The van der Waals surface area contributed by atoms with Crippen LogP contribution in [0.25, 0.3) is 17.1 Å². The molecule has 6 nitrogen and oxygen atoms in total. The molecule has 0 N–H and O–H groups in total. The van der Waals surface area contributed by atoms with Gasteiger partial charge in [-0.1, -0.05) is 12.1 Å². The monoisotopic (exact) mass is 441 g/mol. The molecule has 1 fully saturated rings. The van der Waals surface area contributed by atoms with E-state index in [-0.39, 0.29) is 24.6 Å². The summed E-state index contributed by atoms with van der Waals surface area (Å²) in [6, 6.07) is 10.4. The zero-order valence-corrected chi connectivity index (χ0v) is 16.8. The van der Waals surface area contributed by atoms with Gasteiger partial charge in [0.25, 0.3) is 0 Å². The topological polar surface area (TPSA) is 77.1 Å². The summed E-state index contributed by atoms with van der Waals surface area (Å²) in [5, 5.41) is 10.1. The van der Waals surface area contributed by atoms with Gasteiger partial charge in [0.15, 0.2) is 0 Å². The standard InChI is InChI=1S/C23H18F3N3O3/c24-23(25,26)19-4-1-3-15(7-19)10-29-11-18(20-5-2-6-28-21(20)29)8-17(9-27)22(30)32-14-16-12-31-13-16/h1-8,11,16H,10,12-14H2/b17-8+. The Kier molecular flexibility index (Phi) is 5.97. The molecule has 3 aromatic rings. The molecule has 0 amide bonds. The third-order valence-corrected chi connectivity index (χ3v) is 5.07. The average molecular weight is 441 g/mol. The van der Waals surface area contributed by atoms with Crippen molar-refractivity contribution in [1.29, 1.82) is 5.26 Å². The van der Waals surface area contributed by atoms with Crippen molar-refractivity contribution in [2.45, 2.75) is 12.7 Å². The number of aromatic nitrogens is 2. The van der Waals surface area contributed by atoms with Gasteiger partial charge in [-0.25, -0.2) is 9.78 Å². The van der Waals surface area contributed by atoms with Gasteiger partial charge in [0, 0.05) is 35.8 Å². The number of ether oxygens (including phenoxy) is 2. The van der Waals surface area contributed by atoms with E-state index in [2.05, 4.69) is 4.98 Å².